The number of nitrogens with zero attached hydrogens (tertiary/aromatic N) is 3. The number of ether oxygens (including phenoxy) is 2. The lowest BCUT2D eigenvalue weighted by atomic mass is 10.1. The van der Waals surface area contributed by atoms with Gasteiger partial charge in [-0.25, -0.2) is 4.98 Å². The highest BCUT2D eigenvalue weighted by Gasteiger charge is 2.41. The monoisotopic (exact) mass is 305 g/mol. The Morgan fingerprint density at radius 3 is 2.91 bits per heavy atom. The summed E-state index contributed by atoms with van der Waals surface area (Å²) in [5.74, 6) is 2.67. The topological polar surface area (TPSA) is 39.5 Å². The van der Waals surface area contributed by atoms with Gasteiger partial charge in [0, 0.05) is 45.2 Å². The van der Waals surface area contributed by atoms with Crippen LogP contribution in [0, 0.1) is 11.8 Å². The van der Waals surface area contributed by atoms with Gasteiger partial charge in [-0.2, -0.15) is 0 Å². The number of hydrogen-bond acceptors (Lipinski definition) is 4. The number of aryl methyl sites for hydroxylation is 1. The molecule has 3 fully saturated rings. The molecule has 0 spiro atoms. The molecule has 4 rings (SSSR count). The molecular formula is C17H27N3O2. The lowest BCUT2D eigenvalue weighted by Crippen LogP contribution is -2.48. The number of imidazole rings is 1. The highest BCUT2D eigenvalue weighted by Crippen LogP contribution is 2.35. The van der Waals surface area contributed by atoms with Gasteiger partial charge in [0.05, 0.1) is 19.3 Å². The second-order valence-corrected chi connectivity index (χ2v) is 7.22. The molecule has 3 aliphatic rings. The second kappa shape index (κ2) is 6.30. The minimum atomic E-state index is 0.392. The summed E-state index contributed by atoms with van der Waals surface area (Å²) in [6.45, 7) is 4.70. The van der Waals surface area contributed by atoms with Crippen LogP contribution in [0.15, 0.2) is 12.4 Å². The van der Waals surface area contributed by atoms with Crippen LogP contribution in [0.1, 0.15) is 31.5 Å². The van der Waals surface area contributed by atoms with Gasteiger partial charge in [-0.05, 0) is 37.5 Å². The molecule has 0 amide bonds. The minimum Gasteiger partial charge on any atom is -0.381 e. The van der Waals surface area contributed by atoms with Crippen LogP contribution in [0.2, 0.25) is 0 Å². The zero-order valence-electron chi connectivity index (χ0n) is 13.5. The maximum absolute atomic E-state index is 6.03. The van der Waals surface area contributed by atoms with Gasteiger partial charge in [0.2, 0.25) is 0 Å². The van der Waals surface area contributed by atoms with Crippen molar-refractivity contribution in [2.45, 2.75) is 44.4 Å². The molecule has 0 N–H and O–H groups in total. The standard InChI is InChI=1S/C17H27N3O2/c1-19-5-4-18-17(19)10-20-6-7-22-16-9-14(8-15(16)20)12-21-11-13-2-3-13/h4-5,13-16H,2-3,6-12H2,1H3. The average molecular weight is 305 g/mol. The molecule has 122 valence electrons. The number of rotatable bonds is 6. The molecule has 5 heteroatoms. The Labute approximate surface area is 132 Å². The molecule has 2 heterocycles. The summed E-state index contributed by atoms with van der Waals surface area (Å²) < 4.78 is 14.1. The smallest absolute Gasteiger partial charge is 0.122 e. The maximum atomic E-state index is 6.03. The van der Waals surface area contributed by atoms with Crippen LogP contribution in [0.3, 0.4) is 0 Å². The van der Waals surface area contributed by atoms with Crippen molar-refractivity contribution in [3.63, 3.8) is 0 Å². The molecule has 0 radical (unpaired) electrons. The van der Waals surface area contributed by atoms with Crippen molar-refractivity contribution in [3.8, 4) is 0 Å². The first-order valence-corrected chi connectivity index (χ1v) is 8.69. The van der Waals surface area contributed by atoms with E-state index in [1.807, 2.05) is 12.4 Å². The zero-order chi connectivity index (χ0) is 14.9. The quantitative estimate of drug-likeness (QED) is 0.804. The second-order valence-electron chi connectivity index (χ2n) is 7.22. The highest BCUT2D eigenvalue weighted by atomic mass is 16.5. The van der Waals surface area contributed by atoms with Crippen LogP contribution in [0.5, 0.6) is 0 Å². The fourth-order valence-electron chi connectivity index (χ4n) is 3.87. The average Bonchev–Trinajstić information content (AvgIpc) is 3.10. The van der Waals surface area contributed by atoms with Crippen LogP contribution in [0.4, 0.5) is 0 Å². The molecule has 1 aromatic rings. The van der Waals surface area contributed by atoms with Crippen molar-refractivity contribution in [1.82, 2.24) is 14.5 Å². The molecule has 1 saturated heterocycles. The van der Waals surface area contributed by atoms with Gasteiger partial charge in [-0.15, -0.1) is 0 Å². The Balaban J connectivity index is 1.32. The van der Waals surface area contributed by atoms with E-state index in [1.165, 1.54) is 19.3 Å². The van der Waals surface area contributed by atoms with Gasteiger partial charge >= 0.3 is 0 Å². The van der Waals surface area contributed by atoms with Gasteiger partial charge in [0.25, 0.3) is 0 Å². The van der Waals surface area contributed by atoms with Crippen LogP contribution in [-0.4, -0.2) is 53.0 Å². The summed E-state index contributed by atoms with van der Waals surface area (Å²) in [5, 5.41) is 0. The molecule has 2 aliphatic carbocycles. The lowest BCUT2D eigenvalue weighted by Gasteiger charge is -2.37. The van der Waals surface area contributed by atoms with Crippen molar-refractivity contribution in [1.29, 1.82) is 0 Å². The summed E-state index contributed by atoms with van der Waals surface area (Å²) in [5.41, 5.74) is 0. The predicted octanol–water partition coefficient (Wildman–Crippen LogP) is 1.83. The Kier molecular flexibility index (Phi) is 4.20. The van der Waals surface area contributed by atoms with Crippen LogP contribution < -0.4 is 0 Å². The molecule has 5 nitrogen and oxygen atoms in total. The molecule has 2 saturated carbocycles. The molecule has 0 bridgehead atoms. The van der Waals surface area contributed by atoms with Crippen molar-refractivity contribution < 1.29 is 9.47 Å². The van der Waals surface area contributed by atoms with E-state index < -0.39 is 0 Å². The molecule has 3 atom stereocenters. The van der Waals surface area contributed by atoms with E-state index in [2.05, 4.69) is 21.5 Å². The first-order valence-electron chi connectivity index (χ1n) is 8.69. The molecule has 1 aromatic heterocycles. The van der Waals surface area contributed by atoms with E-state index in [-0.39, 0.29) is 0 Å². The van der Waals surface area contributed by atoms with Crippen molar-refractivity contribution in [3.05, 3.63) is 18.2 Å². The molecule has 22 heavy (non-hydrogen) atoms. The van der Waals surface area contributed by atoms with E-state index in [4.69, 9.17) is 9.47 Å². The summed E-state index contributed by atoms with van der Waals surface area (Å²) >= 11 is 0. The maximum Gasteiger partial charge on any atom is 0.122 e. The number of fused-ring (bicyclic) bond motifs is 1. The fourth-order valence-corrected chi connectivity index (χ4v) is 3.87. The molecule has 0 aromatic carbocycles. The van der Waals surface area contributed by atoms with Crippen LogP contribution in [0.25, 0.3) is 0 Å². The van der Waals surface area contributed by atoms with E-state index in [0.29, 0.717) is 18.1 Å². The predicted molar refractivity (Wildman–Crippen MR) is 83.4 cm³/mol. The minimum absolute atomic E-state index is 0.392. The van der Waals surface area contributed by atoms with E-state index >= 15 is 0 Å². The summed E-state index contributed by atoms with van der Waals surface area (Å²) in [7, 11) is 2.07. The number of morpholine rings is 1. The Bertz CT molecular complexity index is 500. The third-order valence-corrected chi connectivity index (χ3v) is 5.42. The molecule has 1 aliphatic heterocycles. The van der Waals surface area contributed by atoms with E-state index in [0.717, 1.165) is 51.1 Å². The van der Waals surface area contributed by atoms with E-state index in [1.54, 1.807) is 0 Å². The van der Waals surface area contributed by atoms with Crippen molar-refractivity contribution in [2.75, 3.05) is 26.4 Å². The van der Waals surface area contributed by atoms with Gasteiger partial charge < -0.3 is 14.0 Å². The Morgan fingerprint density at radius 1 is 1.27 bits per heavy atom. The van der Waals surface area contributed by atoms with E-state index in [9.17, 15) is 0 Å². The van der Waals surface area contributed by atoms with Crippen LogP contribution >= 0.6 is 0 Å². The van der Waals surface area contributed by atoms with Crippen molar-refractivity contribution >= 4 is 0 Å². The highest BCUT2D eigenvalue weighted by molar-refractivity contribution is 4.97. The fraction of sp³-hybridized carbons (Fsp3) is 0.824. The van der Waals surface area contributed by atoms with Crippen molar-refractivity contribution in [2.24, 2.45) is 18.9 Å². The largest absolute Gasteiger partial charge is 0.381 e. The Morgan fingerprint density at radius 2 is 2.14 bits per heavy atom. The third kappa shape index (κ3) is 3.21. The molecular weight excluding hydrogens is 278 g/mol. The number of aromatic nitrogens is 2. The van der Waals surface area contributed by atoms with Gasteiger partial charge in [-0.1, -0.05) is 0 Å². The van der Waals surface area contributed by atoms with Gasteiger partial charge in [0.1, 0.15) is 5.82 Å². The third-order valence-electron chi connectivity index (χ3n) is 5.42. The van der Waals surface area contributed by atoms with Gasteiger partial charge in [0.15, 0.2) is 0 Å². The summed E-state index contributed by atoms with van der Waals surface area (Å²) in [6, 6.07) is 0.542. The summed E-state index contributed by atoms with van der Waals surface area (Å²) in [6.07, 6.45) is 9.41. The SMILES string of the molecule is Cn1ccnc1CN1CCOC2CC(COCC3CC3)CC21. The number of hydrogen-bond donors (Lipinski definition) is 0. The summed E-state index contributed by atoms with van der Waals surface area (Å²) in [4.78, 5) is 7.04. The Hall–Kier alpha value is -0.910. The first kappa shape index (κ1) is 14.7. The van der Waals surface area contributed by atoms with Gasteiger partial charge in [-0.3, -0.25) is 4.90 Å². The zero-order valence-corrected chi connectivity index (χ0v) is 13.5. The molecule has 3 unspecified atom stereocenters. The first-order chi connectivity index (χ1) is 10.8. The van der Waals surface area contributed by atoms with Crippen LogP contribution in [-0.2, 0) is 23.1 Å². The lowest BCUT2D eigenvalue weighted by molar-refractivity contribution is -0.0601. The normalized spacial score (nSPS) is 32.3.